The molecule has 0 N–H and O–H groups in total. The first kappa shape index (κ1) is 17.1. The van der Waals surface area contributed by atoms with Crippen LogP contribution in [-0.4, -0.2) is 29.1 Å². The molecular formula is C15H22ClN3O2Si. The Kier molecular flexibility index (Phi) is 4.48. The standard InChI is InChI=1S/C15H22ClN3O2Si/c1-10(20)14(21-22(5,6)15(2,3)4)19-17-12-8-7-11(16)9-13(12)18-19/h7-9,14H,1-6H3. The molecule has 1 atom stereocenters. The molecule has 120 valence electrons. The molecular weight excluding hydrogens is 318 g/mol. The number of carbonyl (C=O) groups is 1. The van der Waals surface area contributed by atoms with E-state index in [0.29, 0.717) is 16.1 Å². The van der Waals surface area contributed by atoms with Crippen molar-refractivity contribution in [1.29, 1.82) is 0 Å². The number of benzene rings is 1. The third kappa shape index (κ3) is 3.39. The molecule has 0 aliphatic rings. The first-order valence-corrected chi connectivity index (χ1v) is 10.5. The molecule has 0 saturated carbocycles. The van der Waals surface area contributed by atoms with Gasteiger partial charge in [-0.05, 0) is 43.3 Å². The van der Waals surface area contributed by atoms with Crippen molar-refractivity contribution in [2.75, 3.05) is 0 Å². The van der Waals surface area contributed by atoms with Gasteiger partial charge < -0.3 is 4.43 Å². The summed E-state index contributed by atoms with van der Waals surface area (Å²) in [4.78, 5) is 13.4. The van der Waals surface area contributed by atoms with Crippen LogP contribution in [-0.2, 0) is 9.22 Å². The van der Waals surface area contributed by atoms with Gasteiger partial charge in [0.15, 0.2) is 14.1 Å². The molecule has 0 bridgehead atoms. The highest BCUT2D eigenvalue weighted by Gasteiger charge is 2.41. The van der Waals surface area contributed by atoms with Crippen molar-refractivity contribution in [1.82, 2.24) is 15.0 Å². The first-order valence-electron chi connectivity index (χ1n) is 7.22. The van der Waals surface area contributed by atoms with Crippen LogP contribution >= 0.6 is 11.6 Å². The third-order valence-corrected chi connectivity index (χ3v) is 8.79. The molecule has 1 heterocycles. The molecule has 1 aromatic carbocycles. The minimum Gasteiger partial charge on any atom is -0.389 e. The third-order valence-electron chi connectivity index (χ3n) is 4.13. The largest absolute Gasteiger partial charge is 0.389 e. The predicted octanol–water partition coefficient (Wildman–Crippen LogP) is 4.19. The normalized spacial score (nSPS) is 14.3. The first-order chi connectivity index (χ1) is 10.0. The lowest BCUT2D eigenvalue weighted by atomic mass is 10.2. The van der Waals surface area contributed by atoms with Crippen molar-refractivity contribution >= 4 is 36.7 Å². The summed E-state index contributed by atoms with van der Waals surface area (Å²) in [5.41, 5.74) is 1.34. The Balaban J connectivity index is 2.40. The zero-order chi connectivity index (χ0) is 16.7. The number of aromatic nitrogens is 3. The molecule has 2 rings (SSSR count). The Hall–Kier alpha value is -1.24. The molecule has 0 amide bonds. The van der Waals surface area contributed by atoms with Gasteiger partial charge >= 0.3 is 0 Å². The van der Waals surface area contributed by atoms with Crippen molar-refractivity contribution < 1.29 is 9.22 Å². The molecule has 0 aliphatic carbocycles. The van der Waals surface area contributed by atoms with Gasteiger partial charge in [0, 0.05) is 5.02 Å². The molecule has 1 unspecified atom stereocenters. The number of hydrogen-bond acceptors (Lipinski definition) is 4. The van der Waals surface area contributed by atoms with E-state index in [1.807, 2.05) is 0 Å². The molecule has 5 nitrogen and oxygen atoms in total. The van der Waals surface area contributed by atoms with E-state index in [1.165, 1.54) is 11.7 Å². The smallest absolute Gasteiger partial charge is 0.218 e. The van der Waals surface area contributed by atoms with Gasteiger partial charge in [-0.3, -0.25) is 4.79 Å². The van der Waals surface area contributed by atoms with Crippen LogP contribution in [0.2, 0.25) is 23.2 Å². The van der Waals surface area contributed by atoms with Gasteiger partial charge in [0.05, 0.1) is 0 Å². The maximum Gasteiger partial charge on any atom is 0.218 e. The van der Waals surface area contributed by atoms with Crippen molar-refractivity contribution in [2.24, 2.45) is 0 Å². The lowest BCUT2D eigenvalue weighted by molar-refractivity contribution is -0.129. The summed E-state index contributed by atoms with van der Waals surface area (Å²) in [5, 5.41) is 9.31. The van der Waals surface area contributed by atoms with Crippen LogP contribution in [0.3, 0.4) is 0 Å². The monoisotopic (exact) mass is 339 g/mol. The topological polar surface area (TPSA) is 57.0 Å². The highest BCUT2D eigenvalue weighted by molar-refractivity contribution is 6.74. The number of Topliss-reactive ketones (excluding diaryl/α,β-unsaturated/α-hetero) is 1. The molecule has 0 radical (unpaired) electrons. The summed E-state index contributed by atoms with van der Waals surface area (Å²) in [6.07, 6.45) is -0.799. The Morgan fingerprint density at radius 3 is 2.41 bits per heavy atom. The summed E-state index contributed by atoms with van der Waals surface area (Å²) in [7, 11) is -2.12. The average molecular weight is 340 g/mol. The van der Waals surface area contributed by atoms with Crippen LogP contribution in [0.25, 0.3) is 11.0 Å². The number of carbonyl (C=O) groups excluding carboxylic acids is 1. The van der Waals surface area contributed by atoms with E-state index in [0.717, 1.165) is 0 Å². The minimum absolute atomic E-state index is 0.00339. The fourth-order valence-corrected chi connectivity index (χ4v) is 3.10. The van der Waals surface area contributed by atoms with Gasteiger partial charge in [-0.15, -0.1) is 4.80 Å². The number of halogens is 1. The van der Waals surface area contributed by atoms with E-state index in [-0.39, 0.29) is 10.8 Å². The van der Waals surface area contributed by atoms with Crippen LogP contribution in [0, 0.1) is 0 Å². The minimum atomic E-state index is -2.12. The fraction of sp³-hybridized carbons (Fsp3) is 0.533. The molecule has 0 saturated heterocycles. The summed E-state index contributed by atoms with van der Waals surface area (Å²) in [6.45, 7) is 12.1. The van der Waals surface area contributed by atoms with E-state index in [4.69, 9.17) is 16.0 Å². The number of ketones is 1. The van der Waals surface area contributed by atoms with Gasteiger partial charge in [0.2, 0.25) is 6.23 Å². The fourth-order valence-electron chi connectivity index (χ4n) is 1.76. The molecule has 7 heteroatoms. The van der Waals surface area contributed by atoms with E-state index < -0.39 is 14.5 Å². The summed E-state index contributed by atoms with van der Waals surface area (Å²) >= 11 is 5.97. The Morgan fingerprint density at radius 1 is 1.27 bits per heavy atom. The van der Waals surface area contributed by atoms with Crippen LogP contribution in [0.15, 0.2) is 18.2 Å². The van der Waals surface area contributed by atoms with Gasteiger partial charge in [0.1, 0.15) is 11.0 Å². The quantitative estimate of drug-likeness (QED) is 0.783. The molecule has 0 spiro atoms. The molecule has 22 heavy (non-hydrogen) atoms. The van der Waals surface area contributed by atoms with Crippen LogP contribution in [0.4, 0.5) is 0 Å². The van der Waals surface area contributed by atoms with Gasteiger partial charge in [-0.25, -0.2) is 0 Å². The molecule has 0 aliphatic heterocycles. The van der Waals surface area contributed by atoms with E-state index in [2.05, 4.69) is 44.1 Å². The second-order valence-electron chi connectivity index (χ2n) is 6.99. The lowest BCUT2D eigenvalue weighted by Gasteiger charge is -2.38. The van der Waals surface area contributed by atoms with Gasteiger partial charge in [-0.2, -0.15) is 10.2 Å². The summed E-state index contributed by atoms with van der Waals surface area (Å²) in [5.74, 6) is -0.115. The molecule has 1 aromatic heterocycles. The second-order valence-corrected chi connectivity index (χ2v) is 12.2. The predicted molar refractivity (Wildman–Crippen MR) is 90.5 cm³/mol. The Labute approximate surface area is 136 Å². The highest BCUT2D eigenvalue weighted by atomic mass is 35.5. The summed E-state index contributed by atoms with van der Waals surface area (Å²) < 4.78 is 6.20. The highest BCUT2D eigenvalue weighted by Crippen LogP contribution is 2.38. The van der Waals surface area contributed by atoms with E-state index in [1.54, 1.807) is 18.2 Å². The second kappa shape index (κ2) is 5.75. The average Bonchev–Trinajstić information content (AvgIpc) is 2.76. The van der Waals surface area contributed by atoms with Gasteiger partial charge in [-0.1, -0.05) is 32.4 Å². The number of nitrogens with zero attached hydrogens (tertiary/aromatic N) is 3. The van der Waals surface area contributed by atoms with Crippen molar-refractivity contribution in [2.45, 2.75) is 52.1 Å². The Bertz CT molecular complexity index is 706. The van der Waals surface area contributed by atoms with Crippen LogP contribution in [0.5, 0.6) is 0 Å². The Morgan fingerprint density at radius 2 is 1.86 bits per heavy atom. The maximum atomic E-state index is 12.1. The van der Waals surface area contributed by atoms with Crippen molar-refractivity contribution in [3.63, 3.8) is 0 Å². The van der Waals surface area contributed by atoms with Crippen LogP contribution < -0.4 is 0 Å². The lowest BCUT2D eigenvalue weighted by Crippen LogP contribution is -2.44. The van der Waals surface area contributed by atoms with E-state index >= 15 is 0 Å². The van der Waals surface area contributed by atoms with Crippen molar-refractivity contribution in [3.8, 4) is 0 Å². The van der Waals surface area contributed by atoms with Crippen molar-refractivity contribution in [3.05, 3.63) is 23.2 Å². The molecule has 0 fully saturated rings. The maximum absolute atomic E-state index is 12.1. The zero-order valence-corrected chi connectivity index (χ0v) is 15.6. The number of fused-ring (bicyclic) bond motifs is 1. The zero-order valence-electron chi connectivity index (χ0n) is 13.8. The summed E-state index contributed by atoms with van der Waals surface area (Å²) in [6, 6.07) is 5.26. The van der Waals surface area contributed by atoms with Gasteiger partial charge in [0.25, 0.3) is 0 Å². The van der Waals surface area contributed by atoms with Crippen LogP contribution in [0.1, 0.15) is 33.9 Å². The SMILES string of the molecule is CC(=O)C(O[Si](C)(C)C(C)(C)C)n1nc2ccc(Cl)cc2n1. The van der Waals surface area contributed by atoms with E-state index in [9.17, 15) is 4.79 Å². The molecule has 2 aromatic rings. The number of hydrogen-bond donors (Lipinski definition) is 0. The number of rotatable bonds is 4.